The van der Waals surface area contributed by atoms with Crippen molar-refractivity contribution in [1.82, 2.24) is 19.9 Å². The van der Waals surface area contributed by atoms with Gasteiger partial charge in [-0.3, -0.25) is 4.98 Å². The van der Waals surface area contributed by atoms with Crippen molar-refractivity contribution in [3.05, 3.63) is 47.3 Å². The topological polar surface area (TPSA) is 42.7 Å². The summed E-state index contributed by atoms with van der Waals surface area (Å²) in [6.45, 7) is 1.44. The first-order valence-corrected chi connectivity index (χ1v) is 5.40. The predicted octanol–water partition coefficient (Wildman–Crippen LogP) is 1.76. The minimum atomic E-state index is 0.690. The number of rotatable bonds is 4. The highest BCUT2D eigenvalue weighted by atomic mass is 35.5. The van der Waals surface area contributed by atoms with Gasteiger partial charge in [0.05, 0.1) is 11.6 Å². The van der Waals surface area contributed by atoms with E-state index in [1.165, 1.54) is 0 Å². The van der Waals surface area contributed by atoms with Crippen LogP contribution in [0.25, 0.3) is 0 Å². The van der Waals surface area contributed by atoms with Crippen molar-refractivity contribution >= 4 is 11.6 Å². The molecule has 2 heterocycles. The molecule has 0 bridgehead atoms. The molecular weight excluding hydrogens is 224 g/mol. The molecule has 0 atom stereocenters. The van der Waals surface area contributed by atoms with Gasteiger partial charge in [-0.25, -0.2) is 4.98 Å². The molecule has 0 aliphatic heterocycles. The molecule has 2 aromatic rings. The van der Waals surface area contributed by atoms with Crippen molar-refractivity contribution in [2.75, 3.05) is 0 Å². The summed E-state index contributed by atoms with van der Waals surface area (Å²) < 4.78 is 1.99. The van der Waals surface area contributed by atoms with E-state index in [1.54, 1.807) is 18.6 Å². The third kappa shape index (κ3) is 2.59. The second-order valence-corrected chi connectivity index (χ2v) is 3.93. The molecule has 5 heteroatoms. The lowest BCUT2D eigenvalue weighted by atomic mass is 10.2. The molecule has 1 N–H and O–H groups in total. The van der Waals surface area contributed by atoms with Gasteiger partial charge in [-0.2, -0.15) is 0 Å². The molecule has 0 spiro atoms. The van der Waals surface area contributed by atoms with Crippen LogP contribution in [0.1, 0.15) is 11.4 Å². The summed E-state index contributed by atoms with van der Waals surface area (Å²) in [5, 5.41) is 3.98. The number of imidazole rings is 1. The molecule has 84 valence electrons. The summed E-state index contributed by atoms with van der Waals surface area (Å²) in [7, 11) is 1.98. The molecule has 4 nitrogen and oxygen atoms in total. The van der Waals surface area contributed by atoms with Crippen LogP contribution >= 0.6 is 11.6 Å². The number of pyridine rings is 1. The molecule has 0 fully saturated rings. The second kappa shape index (κ2) is 5.09. The standard InChI is InChI=1S/C11H13ClN4/c1-16-5-4-15-11(16)8-14-6-9-2-3-13-7-10(9)12/h2-5,7,14H,6,8H2,1H3. The van der Waals surface area contributed by atoms with Crippen LogP contribution < -0.4 is 5.32 Å². The average molecular weight is 237 g/mol. The Labute approximate surface area is 99.3 Å². The van der Waals surface area contributed by atoms with E-state index in [1.807, 2.05) is 23.9 Å². The fourth-order valence-electron chi connectivity index (χ4n) is 1.42. The SMILES string of the molecule is Cn1ccnc1CNCc1ccncc1Cl. The van der Waals surface area contributed by atoms with Gasteiger partial charge in [0.25, 0.3) is 0 Å². The lowest BCUT2D eigenvalue weighted by Crippen LogP contribution is -2.15. The second-order valence-electron chi connectivity index (χ2n) is 3.53. The van der Waals surface area contributed by atoms with Crippen molar-refractivity contribution in [3.8, 4) is 0 Å². The highest BCUT2D eigenvalue weighted by Crippen LogP contribution is 2.12. The van der Waals surface area contributed by atoms with Crippen LogP contribution in [0, 0.1) is 0 Å². The highest BCUT2D eigenvalue weighted by molar-refractivity contribution is 6.31. The van der Waals surface area contributed by atoms with Crippen LogP contribution in [0.15, 0.2) is 30.9 Å². The predicted molar refractivity (Wildman–Crippen MR) is 63.0 cm³/mol. The van der Waals surface area contributed by atoms with Gasteiger partial charge >= 0.3 is 0 Å². The smallest absolute Gasteiger partial charge is 0.122 e. The van der Waals surface area contributed by atoms with E-state index in [9.17, 15) is 0 Å². The normalized spacial score (nSPS) is 10.6. The van der Waals surface area contributed by atoms with Gasteiger partial charge in [-0.15, -0.1) is 0 Å². The lowest BCUT2D eigenvalue weighted by Gasteiger charge is -2.06. The van der Waals surface area contributed by atoms with Crippen molar-refractivity contribution in [3.63, 3.8) is 0 Å². The van der Waals surface area contributed by atoms with Crippen molar-refractivity contribution in [1.29, 1.82) is 0 Å². The van der Waals surface area contributed by atoms with E-state index < -0.39 is 0 Å². The van der Waals surface area contributed by atoms with E-state index in [0.29, 0.717) is 11.6 Å². The zero-order valence-corrected chi connectivity index (χ0v) is 9.78. The van der Waals surface area contributed by atoms with Gasteiger partial charge in [0.2, 0.25) is 0 Å². The van der Waals surface area contributed by atoms with Crippen LogP contribution in [-0.4, -0.2) is 14.5 Å². The summed E-state index contributed by atoms with van der Waals surface area (Å²) >= 11 is 5.99. The molecule has 0 saturated heterocycles. The average Bonchev–Trinajstić information content (AvgIpc) is 2.67. The number of halogens is 1. The van der Waals surface area contributed by atoms with Crippen LogP contribution in [0.3, 0.4) is 0 Å². The molecule has 0 saturated carbocycles. The quantitative estimate of drug-likeness (QED) is 0.880. The van der Waals surface area contributed by atoms with Gasteiger partial charge in [0.1, 0.15) is 5.82 Å². The van der Waals surface area contributed by atoms with Crippen LogP contribution in [0.2, 0.25) is 5.02 Å². The van der Waals surface area contributed by atoms with E-state index in [0.717, 1.165) is 17.9 Å². The summed E-state index contributed by atoms with van der Waals surface area (Å²) in [5.74, 6) is 1.00. The molecule has 0 unspecified atom stereocenters. The Morgan fingerprint density at radius 3 is 2.94 bits per heavy atom. The third-order valence-electron chi connectivity index (χ3n) is 2.38. The van der Waals surface area contributed by atoms with Crippen molar-refractivity contribution in [2.45, 2.75) is 13.1 Å². The number of aryl methyl sites for hydroxylation is 1. The first-order valence-electron chi connectivity index (χ1n) is 5.02. The van der Waals surface area contributed by atoms with E-state index in [2.05, 4.69) is 15.3 Å². The van der Waals surface area contributed by atoms with E-state index >= 15 is 0 Å². The Bertz CT molecular complexity index is 467. The number of hydrogen-bond donors (Lipinski definition) is 1. The number of nitrogens with one attached hydrogen (secondary N) is 1. The van der Waals surface area contributed by atoms with Crippen molar-refractivity contribution in [2.24, 2.45) is 7.05 Å². The molecule has 16 heavy (non-hydrogen) atoms. The lowest BCUT2D eigenvalue weighted by molar-refractivity contribution is 0.638. The van der Waals surface area contributed by atoms with Gasteiger partial charge in [-0.05, 0) is 11.6 Å². The Kier molecular flexibility index (Phi) is 3.54. The molecular formula is C11H13ClN4. The summed E-state index contributed by atoms with van der Waals surface area (Å²) in [4.78, 5) is 8.17. The first-order chi connectivity index (χ1) is 7.77. The number of aromatic nitrogens is 3. The van der Waals surface area contributed by atoms with E-state index in [4.69, 9.17) is 11.6 Å². The highest BCUT2D eigenvalue weighted by Gasteiger charge is 2.01. The minimum Gasteiger partial charge on any atom is -0.337 e. The zero-order valence-electron chi connectivity index (χ0n) is 9.02. The maximum Gasteiger partial charge on any atom is 0.122 e. The number of nitrogens with zero attached hydrogens (tertiary/aromatic N) is 3. The Morgan fingerprint density at radius 2 is 2.25 bits per heavy atom. The van der Waals surface area contributed by atoms with Crippen LogP contribution in [0.4, 0.5) is 0 Å². The van der Waals surface area contributed by atoms with Crippen molar-refractivity contribution < 1.29 is 0 Å². The van der Waals surface area contributed by atoms with Gasteiger partial charge < -0.3 is 9.88 Å². The number of hydrogen-bond acceptors (Lipinski definition) is 3. The molecule has 2 rings (SSSR count). The third-order valence-corrected chi connectivity index (χ3v) is 2.72. The molecule has 0 aromatic carbocycles. The molecule has 0 amide bonds. The Morgan fingerprint density at radius 1 is 1.38 bits per heavy atom. The minimum absolute atomic E-state index is 0.690. The Balaban J connectivity index is 1.89. The monoisotopic (exact) mass is 236 g/mol. The largest absolute Gasteiger partial charge is 0.337 e. The summed E-state index contributed by atoms with van der Waals surface area (Å²) in [5.41, 5.74) is 1.05. The molecule has 0 aliphatic rings. The van der Waals surface area contributed by atoms with Gasteiger partial charge in [0.15, 0.2) is 0 Å². The zero-order chi connectivity index (χ0) is 11.4. The van der Waals surface area contributed by atoms with Crippen LogP contribution in [-0.2, 0) is 20.1 Å². The van der Waals surface area contributed by atoms with Gasteiger partial charge in [0, 0.05) is 38.4 Å². The fraction of sp³-hybridized carbons (Fsp3) is 0.273. The summed E-state index contributed by atoms with van der Waals surface area (Å²) in [6, 6.07) is 1.91. The fourth-order valence-corrected chi connectivity index (χ4v) is 1.61. The van der Waals surface area contributed by atoms with Crippen LogP contribution in [0.5, 0.6) is 0 Å². The molecule has 2 aromatic heterocycles. The summed E-state index contributed by atoms with van der Waals surface area (Å²) in [6.07, 6.45) is 7.11. The Hall–Kier alpha value is -1.39. The maximum atomic E-state index is 5.99. The molecule has 0 aliphatic carbocycles. The molecule has 0 radical (unpaired) electrons. The van der Waals surface area contributed by atoms with Gasteiger partial charge in [-0.1, -0.05) is 11.6 Å². The van der Waals surface area contributed by atoms with E-state index in [-0.39, 0.29) is 0 Å². The first kappa shape index (κ1) is 11.1. The maximum absolute atomic E-state index is 5.99.